The molecule has 1 atom stereocenters. The van der Waals surface area contributed by atoms with E-state index in [4.69, 9.17) is 9.47 Å². The van der Waals surface area contributed by atoms with Crippen molar-refractivity contribution in [1.29, 1.82) is 0 Å². The van der Waals surface area contributed by atoms with Gasteiger partial charge in [-0.2, -0.15) is 0 Å². The van der Waals surface area contributed by atoms with Crippen LogP contribution >= 0.6 is 0 Å². The third-order valence-electron chi connectivity index (χ3n) is 1.94. The molecule has 0 N–H and O–H groups in total. The Morgan fingerprint density at radius 2 is 2.00 bits per heavy atom. The van der Waals surface area contributed by atoms with Crippen molar-refractivity contribution in [3.63, 3.8) is 0 Å². The van der Waals surface area contributed by atoms with Crippen molar-refractivity contribution in [2.24, 2.45) is 0 Å². The highest BCUT2D eigenvalue weighted by atomic mass is 16.7. The lowest BCUT2D eigenvalue weighted by atomic mass is 10.1. The van der Waals surface area contributed by atoms with Gasteiger partial charge in [0.05, 0.1) is 0 Å². The predicted octanol–water partition coefficient (Wildman–Crippen LogP) is 2.01. The molecule has 0 amide bonds. The van der Waals surface area contributed by atoms with Gasteiger partial charge >= 0.3 is 0 Å². The van der Waals surface area contributed by atoms with Gasteiger partial charge in [-0.3, -0.25) is 4.79 Å². The fourth-order valence-corrected chi connectivity index (χ4v) is 1.30. The first-order valence-corrected chi connectivity index (χ1v) is 4.15. The van der Waals surface area contributed by atoms with Crippen molar-refractivity contribution in [3.05, 3.63) is 23.8 Å². The van der Waals surface area contributed by atoms with Gasteiger partial charge in [0.2, 0.25) is 6.29 Å². The molecule has 13 heavy (non-hydrogen) atoms. The largest absolute Gasteiger partial charge is 0.451 e. The molecular formula is C10H10O3. The number of fused-ring (bicyclic) bond motifs is 1. The van der Waals surface area contributed by atoms with Crippen LogP contribution in [-0.4, -0.2) is 12.1 Å². The standard InChI is InChI=1S/C10H10O3/c1-6(11)8-3-4-9-10(5-8)13-7(2)12-9/h3-5,7H,1-2H3. The maximum absolute atomic E-state index is 11.0. The molecule has 2 rings (SSSR count). The monoisotopic (exact) mass is 178 g/mol. The number of carbonyl (C=O) groups excluding carboxylic acids is 1. The van der Waals surface area contributed by atoms with E-state index in [1.165, 1.54) is 6.92 Å². The van der Waals surface area contributed by atoms with Crippen LogP contribution in [0.2, 0.25) is 0 Å². The van der Waals surface area contributed by atoms with Crippen molar-refractivity contribution in [3.8, 4) is 11.5 Å². The van der Waals surface area contributed by atoms with Crippen LogP contribution < -0.4 is 9.47 Å². The number of hydrogen-bond acceptors (Lipinski definition) is 3. The summed E-state index contributed by atoms with van der Waals surface area (Å²) in [7, 11) is 0. The molecule has 0 fully saturated rings. The zero-order valence-corrected chi connectivity index (χ0v) is 7.53. The Balaban J connectivity index is 2.40. The molecule has 0 spiro atoms. The highest BCUT2D eigenvalue weighted by Crippen LogP contribution is 2.35. The lowest BCUT2D eigenvalue weighted by Gasteiger charge is -1.99. The van der Waals surface area contributed by atoms with Crippen LogP contribution in [0, 0.1) is 0 Å². The minimum Gasteiger partial charge on any atom is -0.451 e. The zero-order valence-electron chi connectivity index (χ0n) is 7.53. The van der Waals surface area contributed by atoms with Crippen molar-refractivity contribution in [2.45, 2.75) is 20.1 Å². The minimum atomic E-state index is -0.253. The molecule has 0 aromatic heterocycles. The average Bonchev–Trinajstić information content (AvgIpc) is 2.42. The van der Waals surface area contributed by atoms with Gasteiger partial charge in [-0.05, 0) is 25.1 Å². The highest BCUT2D eigenvalue weighted by molar-refractivity contribution is 5.94. The van der Waals surface area contributed by atoms with Crippen LogP contribution in [0.25, 0.3) is 0 Å². The first-order chi connectivity index (χ1) is 6.16. The average molecular weight is 178 g/mol. The Labute approximate surface area is 76.3 Å². The first kappa shape index (κ1) is 8.10. The van der Waals surface area contributed by atoms with Gasteiger partial charge in [0.1, 0.15) is 0 Å². The van der Waals surface area contributed by atoms with Gasteiger partial charge in [-0.15, -0.1) is 0 Å². The van der Waals surface area contributed by atoms with Gasteiger partial charge in [-0.25, -0.2) is 0 Å². The van der Waals surface area contributed by atoms with E-state index < -0.39 is 0 Å². The summed E-state index contributed by atoms with van der Waals surface area (Å²) in [5.74, 6) is 1.39. The van der Waals surface area contributed by atoms with Crippen LogP contribution in [0.1, 0.15) is 24.2 Å². The summed E-state index contributed by atoms with van der Waals surface area (Å²) in [6.45, 7) is 3.34. The predicted molar refractivity (Wildman–Crippen MR) is 47.2 cm³/mol. The Bertz CT molecular complexity index is 357. The van der Waals surface area contributed by atoms with Crippen molar-refractivity contribution < 1.29 is 14.3 Å². The summed E-state index contributed by atoms with van der Waals surface area (Å²) >= 11 is 0. The third kappa shape index (κ3) is 1.37. The molecule has 0 radical (unpaired) electrons. The molecule has 3 heteroatoms. The molecule has 1 aliphatic heterocycles. The number of Topliss-reactive ketones (excluding diaryl/α,β-unsaturated/α-hetero) is 1. The minimum absolute atomic E-state index is 0.0333. The summed E-state index contributed by atoms with van der Waals surface area (Å²) in [5.41, 5.74) is 0.649. The van der Waals surface area contributed by atoms with Crippen LogP contribution in [-0.2, 0) is 0 Å². The topological polar surface area (TPSA) is 35.5 Å². The van der Waals surface area contributed by atoms with E-state index in [9.17, 15) is 4.79 Å². The zero-order chi connectivity index (χ0) is 9.42. The molecule has 68 valence electrons. The van der Waals surface area contributed by atoms with Gasteiger partial charge < -0.3 is 9.47 Å². The molecule has 1 unspecified atom stereocenters. The number of ether oxygens (including phenoxy) is 2. The normalized spacial score (nSPS) is 18.8. The van der Waals surface area contributed by atoms with E-state index in [0.717, 1.165) is 0 Å². The molecule has 3 nitrogen and oxygen atoms in total. The van der Waals surface area contributed by atoms with E-state index in [-0.39, 0.29) is 12.1 Å². The summed E-state index contributed by atoms with van der Waals surface area (Å²) < 4.78 is 10.6. The Morgan fingerprint density at radius 3 is 2.69 bits per heavy atom. The van der Waals surface area contributed by atoms with Gasteiger partial charge in [0, 0.05) is 12.5 Å². The fraction of sp³-hybridized carbons (Fsp3) is 0.300. The Morgan fingerprint density at radius 1 is 1.31 bits per heavy atom. The molecule has 0 saturated heterocycles. The lowest BCUT2D eigenvalue weighted by Crippen LogP contribution is -2.11. The molecule has 0 bridgehead atoms. The van der Waals surface area contributed by atoms with Crippen LogP contribution in [0.3, 0.4) is 0 Å². The number of benzene rings is 1. The molecule has 1 aromatic carbocycles. The first-order valence-electron chi connectivity index (χ1n) is 4.15. The van der Waals surface area contributed by atoms with Crippen LogP contribution in [0.15, 0.2) is 18.2 Å². The van der Waals surface area contributed by atoms with Crippen molar-refractivity contribution in [1.82, 2.24) is 0 Å². The number of ketones is 1. The lowest BCUT2D eigenvalue weighted by molar-refractivity contribution is 0.0678. The molecule has 1 heterocycles. The summed E-state index contributed by atoms with van der Waals surface area (Å²) in [4.78, 5) is 11.0. The number of carbonyl (C=O) groups is 1. The molecule has 1 aromatic rings. The van der Waals surface area contributed by atoms with Crippen molar-refractivity contribution >= 4 is 5.78 Å². The second kappa shape index (κ2) is 2.76. The Kier molecular flexibility index (Phi) is 1.72. The van der Waals surface area contributed by atoms with Crippen LogP contribution in [0.5, 0.6) is 11.5 Å². The quantitative estimate of drug-likeness (QED) is 0.617. The van der Waals surface area contributed by atoms with E-state index in [1.54, 1.807) is 18.2 Å². The van der Waals surface area contributed by atoms with E-state index in [1.807, 2.05) is 6.92 Å². The summed E-state index contributed by atoms with van der Waals surface area (Å²) in [6.07, 6.45) is -0.253. The molecule has 1 aliphatic rings. The van der Waals surface area contributed by atoms with Crippen LogP contribution in [0.4, 0.5) is 0 Å². The maximum atomic E-state index is 11.0. The molecular weight excluding hydrogens is 168 g/mol. The second-order valence-electron chi connectivity index (χ2n) is 3.02. The summed E-state index contributed by atoms with van der Waals surface area (Å²) in [5, 5.41) is 0. The number of rotatable bonds is 1. The number of hydrogen-bond donors (Lipinski definition) is 0. The molecule has 0 aliphatic carbocycles. The highest BCUT2D eigenvalue weighted by Gasteiger charge is 2.20. The maximum Gasteiger partial charge on any atom is 0.238 e. The smallest absolute Gasteiger partial charge is 0.238 e. The molecule has 0 saturated carbocycles. The summed E-state index contributed by atoms with van der Waals surface area (Å²) in [6, 6.07) is 5.21. The Hall–Kier alpha value is -1.51. The second-order valence-corrected chi connectivity index (χ2v) is 3.02. The third-order valence-corrected chi connectivity index (χ3v) is 1.94. The van der Waals surface area contributed by atoms with Gasteiger partial charge in [0.25, 0.3) is 0 Å². The van der Waals surface area contributed by atoms with E-state index >= 15 is 0 Å². The van der Waals surface area contributed by atoms with Crippen molar-refractivity contribution in [2.75, 3.05) is 0 Å². The van der Waals surface area contributed by atoms with E-state index in [0.29, 0.717) is 17.1 Å². The fourth-order valence-electron chi connectivity index (χ4n) is 1.30. The van der Waals surface area contributed by atoms with Gasteiger partial charge in [-0.1, -0.05) is 0 Å². The van der Waals surface area contributed by atoms with E-state index in [2.05, 4.69) is 0 Å². The van der Waals surface area contributed by atoms with Gasteiger partial charge in [0.15, 0.2) is 17.3 Å². The SMILES string of the molecule is CC(=O)c1ccc2c(c1)OC(C)O2.